The summed E-state index contributed by atoms with van der Waals surface area (Å²) < 4.78 is 17.7. The van der Waals surface area contributed by atoms with Crippen LogP contribution in [0.3, 0.4) is 0 Å². The molecule has 2 nitrogen and oxygen atoms in total. The van der Waals surface area contributed by atoms with Gasteiger partial charge in [-0.15, -0.1) is 0 Å². The van der Waals surface area contributed by atoms with Gasteiger partial charge < -0.3 is 4.52 Å². The van der Waals surface area contributed by atoms with Crippen LogP contribution in [0.2, 0.25) is 0 Å². The quantitative estimate of drug-likeness (QED) is 0.769. The molecule has 0 aliphatic carbocycles. The molecule has 0 atom stereocenters. The first-order valence-corrected chi connectivity index (χ1v) is 4.75. The molecule has 2 aromatic rings. The Balaban J connectivity index is 2.34. The number of hydrogen-bond donors (Lipinski definition) is 1. The Morgan fingerprint density at radius 3 is 2.57 bits per heavy atom. The van der Waals surface area contributed by atoms with Crippen molar-refractivity contribution in [3.63, 3.8) is 0 Å². The highest BCUT2D eigenvalue weighted by molar-refractivity contribution is 7.79. The minimum Gasteiger partial charge on any atom is -0.356 e. The van der Waals surface area contributed by atoms with Gasteiger partial charge in [-0.1, -0.05) is 5.16 Å². The third-order valence-corrected chi connectivity index (χ3v) is 2.17. The van der Waals surface area contributed by atoms with Gasteiger partial charge in [0, 0.05) is 17.4 Å². The Morgan fingerprint density at radius 1 is 1.29 bits per heavy atom. The lowest BCUT2D eigenvalue weighted by atomic mass is 10.1. The monoisotopic (exact) mass is 209 g/mol. The van der Waals surface area contributed by atoms with Crippen molar-refractivity contribution in [2.24, 2.45) is 0 Å². The molecule has 0 unspecified atom stereocenters. The zero-order chi connectivity index (χ0) is 9.97. The van der Waals surface area contributed by atoms with E-state index in [-0.39, 0.29) is 5.82 Å². The number of halogens is 1. The molecule has 0 bridgehead atoms. The van der Waals surface area contributed by atoms with Gasteiger partial charge in [-0.05, 0) is 24.3 Å². The van der Waals surface area contributed by atoms with Crippen molar-refractivity contribution in [2.75, 3.05) is 0 Å². The molecule has 0 saturated carbocycles. The molecule has 0 fully saturated rings. The van der Waals surface area contributed by atoms with Crippen LogP contribution in [0.4, 0.5) is 4.39 Å². The number of benzene rings is 1. The maximum absolute atomic E-state index is 12.6. The van der Waals surface area contributed by atoms with Crippen LogP contribution in [0, 0.1) is 5.82 Å². The van der Waals surface area contributed by atoms with Crippen LogP contribution >= 0.6 is 12.6 Å². The maximum Gasteiger partial charge on any atom is 0.167 e. The van der Waals surface area contributed by atoms with Crippen LogP contribution in [-0.2, 0) is 5.75 Å². The Morgan fingerprint density at radius 2 is 2.00 bits per heavy atom. The second-order valence-electron chi connectivity index (χ2n) is 2.85. The lowest BCUT2D eigenvalue weighted by molar-refractivity contribution is 0.426. The largest absolute Gasteiger partial charge is 0.356 e. The Kier molecular flexibility index (Phi) is 2.54. The average Bonchev–Trinajstić information content (AvgIpc) is 2.67. The third-order valence-electron chi connectivity index (χ3n) is 1.85. The molecule has 0 saturated heterocycles. The molecule has 0 N–H and O–H groups in total. The normalized spacial score (nSPS) is 10.4. The summed E-state index contributed by atoms with van der Waals surface area (Å²) in [7, 11) is 0. The molecule has 0 aliphatic heterocycles. The van der Waals surface area contributed by atoms with E-state index in [4.69, 9.17) is 4.52 Å². The van der Waals surface area contributed by atoms with Gasteiger partial charge in [0.25, 0.3) is 0 Å². The molecule has 0 aliphatic rings. The van der Waals surface area contributed by atoms with Crippen molar-refractivity contribution in [2.45, 2.75) is 5.75 Å². The Hall–Kier alpha value is -1.29. The number of aromatic nitrogens is 1. The highest BCUT2D eigenvalue weighted by Crippen LogP contribution is 2.20. The van der Waals surface area contributed by atoms with Gasteiger partial charge in [0.15, 0.2) is 5.76 Å². The molecule has 1 aromatic heterocycles. The smallest absolute Gasteiger partial charge is 0.167 e. The van der Waals surface area contributed by atoms with Gasteiger partial charge in [0.1, 0.15) is 5.82 Å². The standard InChI is InChI=1S/C10H8FNOS/c11-8-3-1-7(2-4-8)10-5-9(6-14)12-13-10/h1-5,14H,6H2. The molecule has 0 radical (unpaired) electrons. The van der Waals surface area contributed by atoms with E-state index in [0.29, 0.717) is 11.5 Å². The molecule has 14 heavy (non-hydrogen) atoms. The van der Waals surface area contributed by atoms with Gasteiger partial charge in [-0.2, -0.15) is 12.6 Å². The molecular formula is C10H8FNOS. The van der Waals surface area contributed by atoms with Crippen LogP contribution in [0.25, 0.3) is 11.3 Å². The van der Waals surface area contributed by atoms with Crippen molar-refractivity contribution in [3.8, 4) is 11.3 Å². The van der Waals surface area contributed by atoms with Crippen molar-refractivity contribution < 1.29 is 8.91 Å². The summed E-state index contributed by atoms with van der Waals surface area (Å²) >= 11 is 4.07. The first kappa shape index (κ1) is 9.27. The van der Waals surface area contributed by atoms with Crippen molar-refractivity contribution in [1.29, 1.82) is 0 Å². The second-order valence-corrected chi connectivity index (χ2v) is 3.16. The van der Waals surface area contributed by atoms with E-state index in [9.17, 15) is 4.39 Å². The van der Waals surface area contributed by atoms with Crippen molar-refractivity contribution in [3.05, 3.63) is 41.8 Å². The first-order valence-electron chi connectivity index (χ1n) is 4.12. The molecule has 2 rings (SSSR count). The minimum atomic E-state index is -0.261. The maximum atomic E-state index is 12.6. The van der Waals surface area contributed by atoms with E-state index in [1.807, 2.05) is 0 Å². The van der Waals surface area contributed by atoms with Crippen molar-refractivity contribution in [1.82, 2.24) is 5.16 Å². The van der Waals surface area contributed by atoms with Crippen LogP contribution in [0.1, 0.15) is 5.69 Å². The SMILES string of the molecule is Fc1ccc(-c2cc(CS)no2)cc1. The summed E-state index contributed by atoms with van der Waals surface area (Å²) in [5.74, 6) is 0.904. The Bertz CT molecular complexity index is 424. The fourth-order valence-corrected chi connectivity index (χ4v) is 1.29. The predicted octanol–water partition coefficient (Wildman–Crippen LogP) is 2.91. The van der Waals surface area contributed by atoms with Crippen LogP contribution in [0.5, 0.6) is 0 Å². The number of rotatable bonds is 2. The summed E-state index contributed by atoms with van der Waals surface area (Å²) in [6.07, 6.45) is 0. The van der Waals surface area contributed by atoms with E-state index < -0.39 is 0 Å². The van der Waals surface area contributed by atoms with E-state index in [1.54, 1.807) is 18.2 Å². The van der Waals surface area contributed by atoms with E-state index in [2.05, 4.69) is 17.8 Å². The zero-order valence-electron chi connectivity index (χ0n) is 7.27. The van der Waals surface area contributed by atoms with Gasteiger partial charge in [-0.3, -0.25) is 0 Å². The van der Waals surface area contributed by atoms with Gasteiger partial charge in [0.05, 0.1) is 5.69 Å². The molecular weight excluding hydrogens is 201 g/mol. The number of hydrogen-bond acceptors (Lipinski definition) is 3. The first-order chi connectivity index (χ1) is 6.79. The molecule has 72 valence electrons. The summed E-state index contributed by atoms with van der Waals surface area (Å²) in [4.78, 5) is 0. The second kappa shape index (κ2) is 3.84. The molecule has 4 heteroatoms. The van der Waals surface area contributed by atoms with Gasteiger partial charge >= 0.3 is 0 Å². The Labute approximate surface area is 86.1 Å². The molecule has 0 spiro atoms. The fraction of sp³-hybridized carbons (Fsp3) is 0.100. The summed E-state index contributed by atoms with van der Waals surface area (Å²) in [5, 5.41) is 3.79. The predicted molar refractivity (Wildman–Crippen MR) is 54.6 cm³/mol. The lowest BCUT2D eigenvalue weighted by Crippen LogP contribution is -1.75. The fourth-order valence-electron chi connectivity index (χ4n) is 1.14. The highest BCUT2D eigenvalue weighted by atomic mass is 32.1. The molecule has 1 heterocycles. The van der Waals surface area contributed by atoms with Gasteiger partial charge in [0.2, 0.25) is 0 Å². The number of nitrogens with zero attached hydrogens (tertiary/aromatic N) is 1. The lowest BCUT2D eigenvalue weighted by Gasteiger charge is -1.93. The van der Waals surface area contributed by atoms with Crippen LogP contribution < -0.4 is 0 Å². The summed E-state index contributed by atoms with van der Waals surface area (Å²) in [6, 6.07) is 7.87. The molecule has 1 aromatic carbocycles. The van der Waals surface area contributed by atoms with Crippen molar-refractivity contribution >= 4 is 12.6 Å². The average molecular weight is 209 g/mol. The molecule has 0 amide bonds. The summed E-state index contributed by atoms with van der Waals surface area (Å²) in [5.41, 5.74) is 1.58. The van der Waals surface area contributed by atoms with E-state index in [0.717, 1.165) is 11.3 Å². The topological polar surface area (TPSA) is 26.0 Å². The number of thiol groups is 1. The van der Waals surface area contributed by atoms with E-state index >= 15 is 0 Å². The van der Waals surface area contributed by atoms with Crippen LogP contribution in [-0.4, -0.2) is 5.16 Å². The minimum absolute atomic E-state index is 0.261. The van der Waals surface area contributed by atoms with E-state index in [1.165, 1.54) is 12.1 Å². The van der Waals surface area contributed by atoms with Gasteiger partial charge in [-0.25, -0.2) is 4.39 Å². The zero-order valence-corrected chi connectivity index (χ0v) is 8.17. The third kappa shape index (κ3) is 1.80. The highest BCUT2D eigenvalue weighted by Gasteiger charge is 2.05. The summed E-state index contributed by atoms with van der Waals surface area (Å²) in [6.45, 7) is 0. The van der Waals surface area contributed by atoms with Crippen LogP contribution in [0.15, 0.2) is 34.9 Å².